The van der Waals surface area contributed by atoms with Crippen molar-refractivity contribution in [3.8, 4) is 11.5 Å². The van der Waals surface area contributed by atoms with Gasteiger partial charge in [0.25, 0.3) is 5.91 Å². The van der Waals surface area contributed by atoms with E-state index in [-0.39, 0.29) is 12.7 Å². The molecule has 1 aliphatic heterocycles. The summed E-state index contributed by atoms with van der Waals surface area (Å²) >= 11 is 0. The molecule has 5 heteroatoms. The van der Waals surface area contributed by atoms with Crippen LogP contribution in [0.15, 0.2) is 54.7 Å². The molecule has 0 atom stereocenters. The summed E-state index contributed by atoms with van der Waals surface area (Å²) in [7, 11) is 0. The summed E-state index contributed by atoms with van der Waals surface area (Å²) in [6.45, 7) is 4.13. The third-order valence-corrected chi connectivity index (χ3v) is 4.41. The predicted octanol–water partition coefficient (Wildman–Crippen LogP) is 3.63. The number of hydrogen-bond acceptors (Lipinski definition) is 4. The first kappa shape index (κ1) is 15.4. The van der Waals surface area contributed by atoms with Crippen molar-refractivity contribution >= 4 is 16.7 Å². The Kier molecular flexibility index (Phi) is 3.57. The molecule has 0 spiro atoms. The van der Waals surface area contributed by atoms with Crippen molar-refractivity contribution in [3.05, 3.63) is 66.0 Å². The van der Waals surface area contributed by atoms with E-state index >= 15 is 0 Å². The van der Waals surface area contributed by atoms with Crippen LogP contribution >= 0.6 is 0 Å². The van der Waals surface area contributed by atoms with E-state index in [9.17, 15) is 4.79 Å². The summed E-state index contributed by atoms with van der Waals surface area (Å²) < 4.78 is 10.8. The molecular weight excluding hydrogens is 316 g/mol. The van der Waals surface area contributed by atoms with Gasteiger partial charge in [0.2, 0.25) is 6.79 Å². The molecule has 2 heterocycles. The molecule has 0 aliphatic carbocycles. The third-order valence-electron chi connectivity index (χ3n) is 4.41. The van der Waals surface area contributed by atoms with Gasteiger partial charge in [0.05, 0.1) is 5.54 Å². The van der Waals surface area contributed by atoms with Gasteiger partial charge in [0, 0.05) is 11.6 Å². The van der Waals surface area contributed by atoms with Gasteiger partial charge in [-0.15, -0.1) is 0 Å². The maximum atomic E-state index is 12.9. The number of rotatable bonds is 3. The second-order valence-electron chi connectivity index (χ2n) is 6.53. The van der Waals surface area contributed by atoms with Crippen LogP contribution in [0.1, 0.15) is 29.9 Å². The molecule has 0 bridgehead atoms. The normalized spacial score (nSPS) is 13.0. The zero-order valence-electron chi connectivity index (χ0n) is 14.1. The highest BCUT2D eigenvalue weighted by Gasteiger charge is 2.27. The number of nitrogens with zero attached hydrogens (tertiary/aromatic N) is 1. The number of amides is 1. The SMILES string of the molecule is CC(C)(NC(=O)c1nccc2ccccc12)c1ccc2c(c1)OCO2. The summed E-state index contributed by atoms with van der Waals surface area (Å²) in [4.78, 5) is 17.1. The number of carbonyl (C=O) groups excluding carboxylic acids is 1. The Morgan fingerprint density at radius 3 is 2.76 bits per heavy atom. The van der Waals surface area contributed by atoms with Gasteiger partial charge in [-0.1, -0.05) is 30.3 Å². The van der Waals surface area contributed by atoms with Gasteiger partial charge in [-0.25, -0.2) is 0 Å². The second-order valence-corrected chi connectivity index (χ2v) is 6.53. The van der Waals surface area contributed by atoms with E-state index < -0.39 is 5.54 Å². The van der Waals surface area contributed by atoms with Crippen molar-refractivity contribution in [2.75, 3.05) is 6.79 Å². The van der Waals surface area contributed by atoms with Crippen molar-refractivity contribution < 1.29 is 14.3 Å². The fourth-order valence-electron chi connectivity index (χ4n) is 3.00. The van der Waals surface area contributed by atoms with Gasteiger partial charge >= 0.3 is 0 Å². The van der Waals surface area contributed by atoms with Crippen molar-refractivity contribution in [1.29, 1.82) is 0 Å². The van der Waals surface area contributed by atoms with Crippen LogP contribution in [0.2, 0.25) is 0 Å². The molecule has 1 aliphatic rings. The quantitative estimate of drug-likeness (QED) is 0.794. The summed E-state index contributed by atoms with van der Waals surface area (Å²) in [6.07, 6.45) is 1.66. The first-order valence-electron chi connectivity index (χ1n) is 8.11. The molecule has 1 amide bonds. The Hall–Kier alpha value is -3.08. The van der Waals surface area contributed by atoms with E-state index in [0.29, 0.717) is 11.4 Å². The number of aromatic nitrogens is 1. The predicted molar refractivity (Wildman–Crippen MR) is 94.8 cm³/mol. The van der Waals surface area contributed by atoms with Gasteiger partial charge in [0.15, 0.2) is 11.5 Å². The highest BCUT2D eigenvalue weighted by atomic mass is 16.7. The molecule has 0 saturated carbocycles. The summed E-state index contributed by atoms with van der Waals surface area (Å²) in [5.41, 5.74) is 0.772. The van der Waals surface area contributed by atoms with E-state index in [1.807, 2.05) is 62.4 Å². The van der Waals surface area contributed by atoms with E-state index in [1.165, 1.54) is 0 Å². The standard InChI is InChI=1S/C20H18N2O3/c1-20(2,14-7-8-16-17(11-14)25-12-24-16)22-19(23)18-15-6-4-3-5-13(15)9-10-21-18/h3-11H,12H2,1-2H3,(H,22,23). The molecule has 0 unspecified atom stereocenters. The van der Waals surface area contributed by atoms with Crippen molar-refractivity contribution in [3.63, 3.8) is 0 Å². The van der Waals surface area contributed by atoms with Crippen LogP contribution in [0.5, 0.6) is 11.5 Å². The molecule has 0 radical (unpaired) electrons. The minimum absolute atomic E-state index is 0.209. The number of pyridine rings is 1. The lowest BCUT2D eigenvalue weighted by Crippen LogP contribution is -2.41. The molecule has 1 N–H and O–H groups in total. The van der Waals surface area contributed by atoms with Crippen molar-refractivity contribution in [1.82, 2.24) is 10.3 Å². The van der Waals surface area contributed by atoms with Crippen LogP contribution in [-0.2, 0) is 5.54 Å². The maximum absolute atomic E-state index is 12.9. The minimum Gasteiger partial charge on any atom is -0.454 e. The number of nitrogens with one attached hydrogen (secondary N) is 1. The monoisotopic (exact) mass is 334 g/mol. The second kappa shape index (κ2) is 5.77. The highest BCUT2D eigenvalue weighted by molar-refractivity contribution is 6.05. The van der Waals surface area contributed by atoms with Gasteiger partial charge in [0.1, 0.15) is 5.69 Å². The summed E-state index contributed by atoms with van der Waals surface area (Å²) in [6, 6.07) is 15.3. The lowest BCUT2D eigenvalue weighted by atomic mass is 9.93. The fourth-order valence-corrected chi connectivity index (χ4v) is 3.00. The number of ether oxygens (including phenoxy) is 2. The largest absolute Gasteiger partial charge is 0.454 e. The van der Waals surface area contributed by atoms with Gasteiger partial charge < -0.3 is 14.8 Å². The van der Waals surface area contributed by atoms with Crippen molar-refractivity contribution in [2.24, 2.45) is 0 Å². The average molecular weight is 334 g/mol. The van der Waals surface area contributed by atoms with Crippen LogP contribution in [0.25, 0.3) is 10.8 Å². The number of carbonyl (C=O) groups is 1. The number of benzene rings is 2. The Balaban J connectivity index is 1.65. The molecule has 0 saturated heterocycles. The summed E-state index contributed by atoms with van der Waals surface area (Å²) in [5.74, 6) is 1.21. The lowest BCUT2D eigenvalue weighted by molar-refractivity contribution is 0.0908. The highest BCUT2D eigenvalue weighted by Crippen LogP contribution is 2.35. The number of fused-ring (bicyclic) bond motifs is 2. The van der Waals surface area contributed by atoms with Crippen LogP contribution in [-0.4, -0.2) is 17.7 Å². The molecule has 0 fully saturated rings. The molecule has 5 nitrogen and oxygen atoms in total. The number of hydrogen-bond donors (Lipinski definition) is 1. The first-order valence-corrected chi connectivity index (χ1v) is 8.11. The zero-order valence-corrected chi connectivity index (χ0v) is 14.1. The van der Waals surface area contributed by atoms with Crippen LogP contribution in [0.4, 0.5) is 0 Å². The van der Waals surface area contributed by atoms with Gasteiger partial charge in [-0.2, -0.15) is 0 Å². The first-order chi connectivity index (χ1) is 12.0. The van der Waals surface area contributed by atoms with Gasteiger partial charge in [-0.3, -0.25) is 9.78 Å². The zero-order chi connectivity index (χ0) is 17.4. The van der Waals surface area contributed by atoms with Crippen molar-refractivity contribution in [2.45, 2.75) is 19.4 Å². The fraction of sp³-hybridized carbons (Fsp3) is 0.200. The Bertz CT molecular complexity index is 961. The molecule has 1 aromatic heterocycles. The topological polar surface area (TPSA) is 60.5 Å². The molecule has 126 valence electrons. The smallest absolute Gasteiger partial charge is 0.271 e. The van der Waals surface area contributed by atoms with Crippen LogP contribution in [0, 0.1) is 0 Å². The van der Waals surface area contributed by atoms with E-state index in [2.05, 4.69) is 10.3 Å². The van der Waals surface area contributed by atoms with E-state index in [4.69, 9.17) is 9.47 Å². The Morgan fingerprint density at radius 1 is 1.08 bits per heavy atom. The maximum Gasteiger partial charge on any atom is 0.271 e. The summed E-state index contributed by atoms with van der Waals surface area (Å²) in [5, 5.41) is 4.90. The molecular formula is C20H18N2O3. The van der Waals surface area contributed by atoms with Crippen LogP contribution in [0.3, 0.4) is 0 Å². The Morgan fingerprint density at radius 2 is 1.88 bits per heavy atom. The average Bonchev–Trinajstić information content (AvgIpc) is 3.08. The third kappa shape index (κ3) is 2.78. The van der Waals surface area contributed by atoms with E-state index in [1.54, 1.807) is 6.20 Å². The van der Waals surface area contributed by atoms with Crippen LogP contribution < -0.4 is 14.8 Å². The minimum atomic E-state index is -0.587. The molecule has 25 heavy (non-hydrogen) atoms. The van der Waals surface area contributed by atoms with E-state index in [0.717, 1.165) is 22.1 Å². The van der Waals surface area contributed by atoms with Gasteiger partial charge in [-0.05, 0) is 43.0 Å². The molecule has 3 aromatic rings. The molecule has 4 rings (SSSR count). The Labute approximate surface area is 145 Å². The lowest BCUT2D eigenvalue weighted by Gasteiger charge is -2.27. The molecule has 2 aromatic carbocycles.